The van der Waals surface area contributed by atoms with Crippen LogP contribution in [0.2, 0.25) is 5.02 Å². The molecular formula is C17H20ClNO. The lowest BCUT2D eigenvalue weighted by molar-refractivity contribution is 0.474. The maximum absolute atomic E-state index is 6.04. The van der Waals surface area contributed by atoms with Crippen LogP contribution in [0.25, 0.3) is 0 Å². The summed E-state index contributed by atoms with van der Waals surface area (Å²) in [5, 5.41) is 0.738. The Bertz CT molecular complexity index is 599. The Balaban J connectivity index is 2.29. The van der Waals surface area contributed by atoms with Gasteiger partial charge in [0.15, 0.2) is 0 Å². The molecule has 0 saturated heterocycles. The minimum Gasteiger partial charge on any atom is -0.457 e. The van der Waals surface area contributed by atoms with Gasteiger partial charge in [-0.05, 0) is 80.3 Å². The Kier molecular flexibility index (Phi) is 4.69. The zero-order valence-electron chi connectivity index (χ0n) is 12.2. The van der Waals surface area contributed by atoms with Crippen LogP contribution < -0.4 is 10.5 Å². The molecule has 2 aromatic rings. The largest absolute Gasteiger partial charge is 0.457 e. The van der Waals surface area contributed by atoms with Gasteiger partial charge in [-0.3, -0.25) is 0 Å². The van der Waals surface area contributed by atoms with E-state index in [0.29, 0.717) is 6.54 Å². The molecule has 2 aromatic carbocycles. The fraction of sp³-hybridized carbons (Fsp3) is 0.294. The van der Waals surface area contributed by atoms with Gasteiger partial charge in [0.1, 0.15) is 11.5 Å². The number of hydrogen-bond acceptors (Lipinski definition) is 2. The van der Waals surface area contributed by atoms with Crippen molar-refractivity contribution in [2.45, 2.75) is 27.2 Å². The molecule has 20 heavy (non-hydrogen) atoms. The van der Waals surface area contributed by atoms with Crippen LogP contribution in [0.1, 0.15) is 22.3 Å². The number of nitrogens with two attached hydrogens (primary N) is 1. The van der Waals surface area contributed by atoms with Crippen molar-refractivity contribution in [2.24, 2.45) is 5.73 Å². The number of hydrogen-bond donors (Lipinski definition) is 1. The van der Waals surface area contributed by atoms with Gasteiger partial charge in [-0.1, -0.05) is 17.7 Å². The van der Waals surface area contributed by atoms with Crippen LogP contribution in [0.15, 0.2) is 30.3 Å². The summed E-state index contributed by atoms with van der Waals surface area (Å²) in [6, 6.07) is 9.96. The van der Waals surface area contributed by atoms with Crippen molar-refractivity contribution in [3.8, 4) is 11.5 Å². The number of ether oxygens (including phenoxy) is 1. The third-order valence-electron chi connectivity index (χ3n) is 3.37. The topological polar surface area (TPSA) is 35.2 Å². The molecule has 2 rings (SSSR count). The van der Waals surface area contributed by atoms with Crippen molar-refractivity contribution in [3.05, 3.63) is 57.6 Å². The van der Waals surface area contributed by atoms with E-state index in [2.05, 4.69) is 19.1 Å². The first-order valence-electron chi connectivity index (χ1n) is 6.75. The van der Waals surface area contributed by atoms with E-state index in [1.165, 1.54) is 11.1 Å². The lowest BCUT2D eigenvalue weighted by Gasteiger charge is -2.14. The summed E-state index contributed by atoms with van der Waals surface area (Å²) in [6.07, 6.45) is 0.894. The fourth-order valence-corrected chi connectivity index (χ4v) is 2.67. The number of aryl methyl sites for hydroxylation is 3. The van der Waals surface area contributed by atoms with Crippen molar-refractivity contribution in [1.29, 1.82) is 0 Å². The number of rotatable bonds is 4. The fourth-order valence-electron chi connectivity index (χ4n) is 2.34. The normalized spacial score (nSPS) is 10.7. The van der Waals surface area contributed by atoms with Crippen molar-refractivity contribution in [2.75, 3.05) is 6.54 Å². The van der Waals surface area contributed by atoms with Crippen molar-refractivity contribution < 1.29 is 4.74 Å². The molecule has 0 saturated carbocycles. The predicted octanol–water partition coefficient (Wildman–Crippen LogP) is 4.56. The van der Waals surface area contributed by atoms with Gasteiger partial charge < -0.3 is 10.5 Å². The maximum Gasteiger partial charge on any atom is 0.133 e. The molecule has 2 N–H and O–H groups in total. The summed E-state index contributed by atoms with van der Waals surface area (Å²) in [5.74, 6) is 1.72. The summed E-state index contributed by atoms with van der Waals surface area (Å²) in [7, 11) is 0. The van der Waals surface area contributed by atoms with Gasteiger partial charge in [0, 0.05) is 5.02 Å². The van der Waals surface area contributed by atoms with Crippen LogP contribution in [-0.4, -0.2) is 6.54 Å². The van der Waals surface area contributed by atoms with E-state index in [0.717, 1.165) is 34.1 Å². The lowest BCUT2D eigenvalue weighted by atomic mass is 10.1. The lowest BCUT2D eigenvalue weighted by Crippen LogP contribution is -2.04. The zero-order chi connectivity index (χ0) is 14.7. The van der Waals surface area contributed by atoms with Crippen LogP contribution in [0, 0.1) is 20.8 Å². The summed E-state index contributed by atoms with van der Waals surface area (Å²) < 4.78 is 6.02. The summed E-state index contributed by atoms with van der Waals surface area (Å²) in [6.45, 7) is 6.75. The Morgan fingerprint density at radius 2 is 1.65 bits per heavy atom. The highest BCUT2D eigenvalue weighted by atomic mass is 35.5. The van der Waals surface area contributed by atoms with E-state index < -0.39 is 0 Å². The Labute approximate surface area is 125 Å². The van der Waals surface area contributed by atoms with Gasteiger partial charge in [0.2, 0.25) is 0 Å². The highest BCUT2D eigenvalue weighted by molar-refractivity contribution is 6.30. The Hall–Kier alpha value is -1.51. The number of halogens is 1. The van der Waals surface area contributed by atoms with Crippen molar-refractivity contribution in [1.82, 2.24) is 0 Å². The van der Waals surface area contributed by atoms with Crippen LogP contribution in [0.3, 0.4) is 0 Å². The van der Waals surface area contributed by atoms with E-state index in [1.54, 1.807) is 0 Å². The molecule has 0 heterocycles. The molecule has 0 aliphatic carbocycles. The number of benzene rings is 2. The minimum absolute atomic E-state index is 0.663. The third kappa shape index (κ3) is 3.33. The van der Waals surface area contributed by atoms with E-state index in [4.69, 9.17) is 22.1 Å². The molecule has 0 aliphatic rings. The maximum atomic E-state index is 6.04. The van der Waals surface area contributed by atoms with E-state index in [9.17, 15) is 0 Å². The first-order chi connectivity index (χ1) is 9.51. The first kappa shape index (κ1) is 14.9. The molecule has 3 heteroatoms. The molecule has 2 nitrogen and oxygen atoms in total. The van der Waals surface area contributed by atoms with E-state index in [-0.39, 0.29) is 0 Å². The summed E-state index contributed by atoms with van der Waals surface area (Å²) in [5.41, 5.74) is 10.2. The average Bonchev–Trinajstić information content (AvgIpc) is 2.37. The molecule has 0 aromatic heterocycles. The predicted molar refractivity (Wildman–Crippen MR) is 84.9 cm³/mol. The van der Waals surface area contributed by atoms with Gasteiger partial charge in [-0.2, -0.15) is 0 Å². The van der Waals surface area contributed by atoms with Gasteiger partial charge in [-0.15, -0.1) is 0 Å². The molecule has 0 unspecified atom stereocenters. The zero-order valence-corrected chi connectivity index (χ0v) is 12.9. The van der Waals surface area contributed by atoms with Gasteiger partial charge >= 0.3 is 0 Å². The Morgan fingerprint density at radius 3 is 2.20 bits per heavy atom. The monoisotopic (exact) mass is 289 g/mol. The Morgan fingerprint density at radius 1 is 1.00 bits per heavy atom. The highest BCUT2D eigenvalue weighted by Gasteiger charge is 2.08. The quantitative estimate of drug-likeness (QED) is 0.895. The van der Waals surface area contributed by atoms with Gasteiger partial charge in [-0.25, -0.2) is 0 Å². The highest BCUT2D eigenvalue weighted by Crippen LogP contribution is 2.32. The average molecular weight is 290 g/mol. The first-order valence-corrected chi connectivity index (χ1v) is 7.13. The molecule has 0 radical (unpaired) electrons. The molecule has 0 bridgehead atoms. The van der Waals surface area contributed by atoms with E-state index >= 15 is 0 Å². The second-order valence-electron chi connectivity index (χ2n) is 5.10. The van der Waals surface area contributed by atoms with Crippen LogP contribution >= 0.6 is 11.6 Å². The van der Waals surface area contributed by atoms with Crippen LogP contribution in [0.5, 0.6) is 11.5 Å². The molecule has 0 fully saturated rings. The second-order valence-corrected chi connectivity index (χ2v) is 5.53. The smallest absolute Gasteiger partial charge is 0.133 e. The van der Waals surface area contributed by atoms with Crippen LogP contribution in [-0.2, 0) is 6.42 Å². The minimum atomic E-state index is 0.663. The van der Waals surface area contributed by atoms with Crippen molar-refractivity contribution >= 4 is 11.6 Å². The molecule has 0 spiro atoms. The molecular weight excluding hydrogens is 270 g/mol. The summed E-state index contributed by atoms with van der Waals surface area (Å²) >= 11 is 6.04. The molecule has 106 valence electrons. The van der Waals surface area contributed by atoms with E-state index in [1.807, 2.05) is 32.0 Å². The molecule has 0 atom stereocenters. The standard InChI is InChI=1S/C17H20ClNO/c1-11-10-16(5-4-14(11)6-7-19)20-17-12(2)8-15(18)9-13(17)3/h4-5,8-10H,6-7,19H2,1-3H3. The third-order valence-corrected chi connectivity index (χ3v) is 3.59. The van der Waals surface area contributed by atoms with Gasteiger partial charge in [0.05, 0.1) is 0 Å². The molecule has 0 amide bonds. The van der Waals surface area contributed by atoms with Crippen LogP contribution in [0.4, 0.5) is 0 Å². The SMILES string of the molecule is Cc1cc(Oc2c(C)cc(Cl)cc2C)ccc1CCN. The second kappa shape index (κ2) is 6.29. The van der Waals surface area contributed by atoms with Crippen molar-refractivity contribution in [3.63, 3.8) is 0 Å². The van der Waals surface area contributed by atoms with Gasteiger partial charge in [0.25, 0.3) is 0 Å². The molecule has 0 aliphatic heterocycles. The summed E-state index contributed by atoms with van der Waals surface area (Å²) in [4.78, 5) is 0.